The number of unbranched alkanes of at least 4 members (excludes halogenated alkanes) is 5. The van der Waals surface area contributed by atoms with Gasteiger partial charge in [-0.05, 0) is 25.0 Å². The van der Waals surface area contributed by atoms with E-state index in [1.807, 2.05) is 0 Å². The van der Waals surface area contributed by atoms with Crippen LogP contribution in [0.5, 0.6) is 5.75 Å². The number of pyridine rings is 1. The molecule has 0 fully saturated rings. The van der Waals surface area contributed by atoms with Crippen LogP contribution in [0.2, 0.25) is 0 Å². The van der Waals surface area contributed by atoms with Crippen molar-refractivity contribution in [2.24, 2.45) is 0 Å². The molecular formula is C17H23N5O. The Balaban J connectivity index is 1.76. The topological polar surface area (TPSA) is 76.6 Å². The van der Waals surface area contributed by atoms with Gasteiger partial charge in [0, 0.05) is 0 Å². The molecule has 2 aromatic heterocycles. The smallest absolute Gasteiger partial charge is 0.184 e. The lowest BCUT2D eigenvalue weighted by molar-refractivity contribution is 0.239. The minimum Gasteiger partial charge on any atom is -0.474 e. The van der Waals surface area contributed by atoms with Crippen molar-refractivity contribution in [3.05, 3.63) is 31.0 Å². The number of nitrogens with zero attached hydrogens (tertiary/aromatic N) is 5. The molecule has 122 valence electrons. The SMILES string of the molecule is CCCCCCCCC(C#N)Oc1ccc(-n2cncn2)nc1. The first-order chi connectivity index (χ1) is 11.3. The fourth-order valence-electron chi connectivity index (χ4n) is 2.33. The van der Waals surface area contributed by atoms with Crippen LogP contribution in [0.3, 0.4) is 0 Å². The fraction of sp³-hybridized carbons (Fsp3) is 0.529. The molecule has 1 atom stereocenters. The molecule has 0 radical (unpaired) electrons. The van der Waals surface area contributed by atoms with E-state index in [0.717, 1.165) is 19.3 Å². The highest BCUT2D eigenvalue weighted by atomic mass is 16.5. The molecule has 2 rings (SSSR count). The molecule has 2 heterocycles. The van der Waals surface area contributed by atoms with Crippen molar-refractivity contribution in [3.8, 4) is 17.6 Å². The molecule has 6 heteroatoms. The Morgan fingerprint density at radius 3 is 2.70 bits per heavy atom. The first-order valence-electron chi connectivity index (χ1n) is 8.21. The summed E-state index contributed by atoms with van der Waals surface area (Å²) in [5.74, 6) is 1.27. The standard InChI is InChI=1S/C17H23N5O/c1-2-3-4-5-6-7-8-15(11-18)23-16-9-10-17(20-12-16)22-14-19-13-21-22/h9-10,12-15H,2-8H2,1H3. The lowest BCUT2D eigenvalue weighted by atomic mass is 10.1. The number of aromatic nitrogens is 4. The molecule has 0 saturated carbocycles. The summed E-state index contributed by atoms with van der Waals surface area (Å²) in [6.45, 7) is 2.21. The molecule has 0 aromatic carbocycles. The number of hydrogen-bond acceptors (Lipinski definition) is 5. The van der Waals surface area contributed by atoms with Crippen LogP contribution in [0.15, 0.2) is 31.0 Å². The van der Waals surface area contributed by atoms with Gasteiger partial charge >= 0.3 is 0 Å². The quantitative estimate of drug-likeness (QED) is 0.625. The van der Waals surface area contributed by atoms with Gasteiger partial charge in [0.15, 0.2) is 11.9 Å². The van der Waals surface area contributed by atoms with Crippen LogP contribution in [0.4, 0.5) is 0 Å². The Kier molecular flexibility index (Phi) is 7.05. The zero-order valence-corrected chi connectivity index (χ0v) is 13.6. The maximum atomic E-state index is 9.22. The lowest BCUT2D eigenvalue weighted by Crippen LogP contribution is -2.14. The van der Waals surface area contributed by atoms with Crippen molar-refractivity contribution in [3.63, 3.8) is 0 Å². The van der Waals surface area contributed by atoms with Gasteiger partial charge in [0.25, 0.3) is 0 Å². The van der Waals surface area contributed by atoms with Gasteiger partial charge < -0.3 is 4.74 Å². The summed E-state index contributed by atoms with van der Waals surface area (Å²) in [6.07, 6.45) is 12.2. The van der Waals surface area contributed by atoms with Crippen molar-refractivity contribution < 1.29 is 4.74 Å². The third-order valence-electron chi connectivity index (χ3n) is 3.62. The van der Waals surface area contributed by atoms with Gasteiger partial charge in [-0.1, -0.05) is 39.0 Å². The first kappa shape index (κ1) is 16.9. The summed E-state index contributed by atoms with van der Waals surface area (Å²) < 4.78 is 7.27. The van der Waals surface area contributed by atoms with Gasteiger partial charge in [0.2, 0.25) is 0 Å². The van der Waals surface area contributed by atoms with E-state index in [2.05, 4.69) is 28.1 Å². The Hall–Kier alpha value is -2.42. The van der Waals surface area contributed by atoms with Crippen molar-refractivity contribution in [1.82, 2.24) is 19.7 Å². The molecule has 0 aliphatic rings. The normalized spacial score (nSPS) is 11.8. The van der Waals surface area contributed by atoms with Crippen molar-refractivity contribution in [2.75, 3.05) is 0 Å². The summed E-state index contributed by atoms with van der Waals surface area (Å²) in [6, 6.07) is 5.81. The van der Waals surface area contributed by atoms with Crippen molar-refractivity contribution >= 4 is 0 Å². The van der Waals surface area contributed by atoms with Gasteiger partial charge in [-0.2, -0.15) is 10.4 Å². The molecule has 0 saturated heterocycles. The molecule has 1 unspecified atom stereocenters. The maximum Gasteiger partial charge on any atom is 0.184 e. The van der Waals surface area contributed by atoms with E-state index in [-0.39, 0.29) is 0 Å². The van der Waals surface area contributed by atoms with Crippen LogP contribution < -0.4 is 4.74 Å². The van der Waals surface area contributed by atoms with E-state index in [1.54, 1.807) is 29.3 Å². The Morgan fingerprint density at radius 2 is 2.04 bits per heavy atom. The van der Waals surface area contributed by atoms with Gasteiger partial charge in [0.1, 0.15) is 24.5 Å². The molecule has 2 aromatic rings. The largest absolute Gasteiger partial charge is 0.474 e. The summed E-state index contributed by atoms with van der Waals surface area (Å²) in [4.78, 5) is 8.15. The van der Waals surface area contributed by atoms with Crippen LogP contribution in [0.25, 0.3) is 5.82 Å². The van der Waals surface area contributed by atoms with E-state index in [4.69, 9.17) is 4.74 Å². The number of ether oxygens (including phenoxy) is 1. The molecule has 0 bridgehead atoms. The van der Waals surface area contributed by atoms with E-state index in [0.29, 0.717) is 11.6 Å². The molecule has 0 N–H and O–H groups in total. The molecule has 0 amide bonds. The van der Waals surface area contributed by atoms with Gasteiger partial charge in [-0.25, -0.2) is 14.6 Å². The summed E-state index contributed by atoms with van der Waals surface area (Å²) in [7, 11) is 0. The van der Waals surface area contributed by atoms with Crippen molar-refractivity contribution in [1.29, 1.82) is 5.26 Å². The zero-order valence-electron chi connectivity index (χ0n) is 13.6. The van der Waals surface area contributed by atoms with E-state index in [9.17, 15) is 5.26 Å². The van der Waals surface area contributed by atoms with Gasteiger partial charge in [-0.15, -0.1) is 0 Å². The zero-order chi connectivity index (χ0) is 16.3. The summed E-state index contributed by atoms with van der Waals surface area (Å²) >= 11 is 0. The second kappa shape index (κ2) is 9.57. The fourth-order valence-corrected chi connectivity index (χ4v) is 2.33. The average Bonchev–Trinajstić information content (AvgIpc) is 3.12. The Bertz CT molecular complexity index is 588. The van der Waals surface area contributed by atoms with Crippen LogP contribution in [-0.4, -0.2) is 25.9 Å². The summed E-state index contributed by atoms with van der Waals surface area (Å²) in [5, 5.41) is 13.2. The second-order valence-corrected chi connectivity index (χ2v) is 5.48. The van der Waals surface area contributed by atoms with Crippen LogP contribution in [0.1, 0.15) is 51.9 Å². The van der Waals surface area contributed by atoms with E-state index < -0.39 is 6.10 Å². The van der Waals surface area contributed by atoms with E-state index >= 15 is 0 Å². The highest BCUT2D eigenvalue weighted by Gasteiger charge is 2.09. The van der Waals surface area contributed by atoms with Gasteiger partial charge in [0.05, 0.1) is 6.20 Å². The van der Waals surface area contributed by atoms with Crippen LogP contribution in [-0.2, 0) is 0 Å². The van der Waals surface area contributed by atoms with Crippen LogP contribution in [0, 0.1) is 11.3 Å². The van der Waals surface area contributed by atoms with Crippen LogP contribution >= 0.6 is 0 Å². The molecule has 0 aliphatic carbocycles. The van der Waals surface area contributed by atoms with E-state index in [1.165, 1.54) is 32.0 Å². The average molecular weight is 313 g/mol. The lowest BCUT2D eigenvalue weighted by Gasteiger charge is -2.12. The molecule has 0 spiro atoms. The number of rotatable bonds is 10. The minimum absolute atomic E-state index is 0.416. The Labute approximate surface area is 137 Å². The monoisotopic (exact) mass is 313 g/mol. The third-order valence-corrected chi connectivity index (χ3v) is 3.62. The highest BCUT2D eigenvalue weighted by molar-refractivity contribution is 5.27. The number of hydrogen-bond donors (Lipinski definition) is 0. The van der Waals surface area contributed by atoms with Gasteiger partial charge in [-0.3, -0.25) is 0 Å². The predicted octanol–water partition coefficient (Wildman–Crippen LogP) is 3.68. The third kappa shape index (κ3) is 5.70. The maximum absolute atomic E-state index is 9.22. The summed E-state index contributed by atoms with van der Waals surface area (Å²) in [5.41, 5.74) is 0. The molecule has 6 nitrogen and oxygen atoms in total. The minimum atomic E-state index is -0.416. The molecular weight excluding hydrogens is 290 g/mol. The molecule has 0 aliphatic heterocycles. The van der Waals surface area contributed by atoms with Crippen molar-refractivity contribution in [2.45, 2.75) is 58.0 Å². The second-order valence-electron chi connectivity index (χ2n) is 5.48. The highest BCUT2D eigenvalue weighted by Crippen LogP contribution is 2.16. The predicted molar refractivity (Wildman–Crippen MR) is 87.2 cm³/mol. The Morgan fingerprint density at radius 1 is 1.22 bits per heavy atom. The number of nitriles is 1. The first-order valence-corrected chi connectivity index (χ1v) is 8.21. The molecule has 23 heavy (non-hydrogen) atoms.